The van der Waals surface area contributed by atoms with E-state index in [1.54, 1.807) is 18.2 Å². The number of nitrogens with two attached hydrogens (primary N) is 1. The largest absolute Gasteiger partial charge is 0.465 e. The number of benzene rings is 1. The van der Waals surface area contributed by atoms with E-state index >= 15 is 0 Å². The lowest BCUT2D eigenvalue weighted by Gasteiger charge is -2.04. The van der Waals surface area contributed by atoms with Crippen LogP contribution in [0.3, 0.4) is 0 Å². The van der Waals surface area contributed by atoms with Gasteiger partial charge in [-0.25, -0.2) is 4.79 Å². The van der Waals surface area contributed by atoms with E-state index in [1.807, 2.05) is 0 Å². The molecule has 0 saturated carbocycles. The average Bonchev–Trinajstić information content (AvgIpc) is 2.27. The van der Waals surface area contributed by atoms with Crippen molar-refractivity contribution < 1.29 is 9.53 Å². The minimum absolute atomic E-state index is 0.216. The molecule has 0 unspecified atom stereocenters. The minimum atomic E-state index is -0.554. The number of methoxy groups -OCH3 is 1. The van der Waals surface area contributed by atoms with Gasteiger partial charge in [-0.05, 0) is 18.2 Å². The van der Waals surface area contributed by atoms with Crippen LogP contribution >= 0.6 is 0 Å². The summed E-state index contributed by atoms with van der Waals surface area (Å²) in [7, 11) is 1.27. The van der Waals surface area contributed by atoms with Crippen LogP contribution in [0.4, 0.5) is 5.69 Å². The maximum Gasteiger partial charge on any atom is 0.338 e. The Labute approximate surface area is 90.8 Å². The van der Waals surface area contributed by atoms with Gasteiger partial charge in [0, 0.05) is 22.7 Å². The summed E-state index contributed by atoms with van der Waals surface area (Å²) in [5.74, 6) is -0.554. The molecule has 0 saturated heterocycles. The number of ether oxygens (including phenoxy) is 1. The van der Waals surface area contributed by atoms with Gasteiger partial charge in [-0.2, -0.15) is 0 Å². The van der Waals surface area contributed by atoms with Gasteiger partial charge >= 0.3 is 5.97 Å². The van der Waals surface area contributed by atoms with Crippen LogP contribution in [0.1, 0.15) is 10.4 Å². The molecule has 5 nitrogen and oxygen atoms in total. The second-order valence-electron chi connectivity index (χ2n) is 3.34. The van der Waals surface area contributed by atoms with Crippen molar-refractivity contribution in [3.05, 3.63) is 40.2 Å². The van der Waals surface area contributed by atoms with Crippen LogP contribution in [0.5, 0.6) is 0 Å². The number of carbonyl (C=O) groups is 1. The number of hydrogen-bond acceptors (Lipinski definition) is 4. The first kappa shape index (κ1) is 10.2. The molecule has 1 heterocycles. The van der Waals surface area contributed by atoms with E-state index < -0.39 is 5.97 Å². The number of anilines is 1. The van der Waals surface area contributed by atoms with Gasteiger partial charge in [-0.3, -0.25) is 4.79 Å². The summed E-state index contributed by atoms with van der Waals surface area (Å²) in [6, 6.07) is 6.13. The normalized spacial score (nSPS) is 10.3. The average molecular weight is 218 g/mol. The fourth-order valence-electron chi connectivity index (χ4n) is 1.55. The summed E-state index contributed by atoms with van der Waals surface area (Å²) in [6.07, 6.45) is 0. The van der Waals surface area contributed by atoms with Crippen LogP contribution in [0, 0.1) is 0 Å². The number of hydrogen-bond donors (Lipinski definition) is 2. The number of esters is 1. The SMILES string of the molecule is COC(=O)c1cc(=O)[nH]c2ccc(N)cc12. The summed E-state index contributed by atoms with van der Waals surface area (Å²) < 4.78 is 4.61. The minimum Gasteiger partial charge on any atom is -0.465 e. The van der Waals surface area contributed by atoms with Crippen molar-refractivity contribution in [2.75, 3.05) is 12.8 Å². The highest BCUT2D eigenvalue weighted by molar-refractivity contribution is 6.03. The molecule has 0 spiro atoms. The lowest BCUT2D eigenvalue weighted by molar-refractivity contribution is 0.0603. The molecular weight excluding hydrogens is 208 g/mol. The second kappa shape index (κ2) is 3.69. The number of aromatic nitrogens is 1. The molecule has 1 aromatic heterocycles. The van der Waals surface area contributed by atoms with Gasteiger partial charge in [0.05, 0.1) is 12.7 Å². The standard InChI is InChI=1S/C11H10N2O3/c1-16-11(15)8-5-10(14)13-9-3-2-6(12)4-7(8)9/h2-5H,12H2,1H3,(H,13,14). The second-order valence-corrected chi connectivity index (χ2v) is 3.34. The van der Waals surface area contributed by atoms with Crippen LogP contribution in [-0.2, 0) is 4.74 Å². The van der Waals surface area contributed by atoms with E-state index in [2.05, 4.69) is 9.72 Å². The molecule has 2 rings (SSSR count). The summed E-state index contributed by atoms with van der Waals surface area (Å²) in [6.45, 7) is 0. The maximum atomic E-state index is 11.5. The molecule has 16 heavy (non-hydrogen) atoms. The zero-order valence-corrected chi connectivity index (χ0v) is 8.61. The molecule has 1 aromatic carbocycles. The predicted molar refractivity (Wildman–Crippen MR) is 60.3 cm³/mol. The third kappa shape index (κ3) is 1.63. The quantitative estimate of drug-likeness (QED) is 0.550. The van der Waals surface area contributed by atoms with E-state index in [9.17, 15) is 9.59 Å². The first-order valence-electron chi connectivity index (χ1n) is 4.62. The molecule has 0 aliphatic heterocycles. The van der Waals surface area contributed by atoms with Gasteiger partial charge in [0.2, 0.25) is 5.56 Å². The molecule has 0 radical (unpaired) electrons. The Morgan fingerprint density at radius 1 is 1.38 bits per heavy atom. The van der Waals surface area contributed by atoms with Crippen molar-refractivity contribution in [3.63, 3.8) is 0 Å². The van der Waals surface area contributed by atoms with Crippen molar-refractivity contribution in [2.45, 2.75) is 0 Å². The van der Waals surface area contributed by atoms with Gasteiger partial charge in [0.25, 0.3) is 0 Å². The van der Waals surface area contributed by atoms with Crippen molar-refractivity contribution in [3.8, 4) is 0 Å². The molecule has 0 fully saturated rings. The Balaban J connectivity index is 2.84. The van der Waals surface area contributed by atoms with Crippen LogP contribution in [0.2, 0.25) is 0 Å². The molecule has 2 aromatic rings. The Morgan fingerprint density at radius 2 is 2.12 bits per heavy atom. The fourth-order valence-corrected chi connectivity index (χ4v) is 1.55. The van der Waals surface area contributed by atoms with Gasteiger partial charge in [0.1, 0.15) is 0 Å². The molecule has 82 valence electrons. The van der Waals surface area contributed by atoms with E-state index in [0.717, 1.165) is 0 Å². The third-order valence-corrected chi connectivity index (χ3v) is 2.27. The molecule has 0 aliphatic rings. The number of fused-ring (bicyclic) bond motifs is 1. The van der Waals surface area contributed by atoms with E-state index in [-0.39, 0.29) is 11.1 Å². The first-order valence-corrected chi connectivity index (χ1v) is 4.62. The number of rotatable bonds is 1. The Morgan fingerprint density at radius 3 is 2.81 bits per heavy atom. The fraction of sp³-hybridized carbons (Fsp3) is 0.0909. The van der Waals surface area contributed by atoms with Crippen LogP contribution < -0.4 is 11.3 Å². The first-order chi connectivity index (χ1) is 7.61. The monoisotopic (exact) mass is 218 g/mol. The number of nitrogen functional groups attached to an aromatic ring is 1. The lowest BCUT2D eigenvalue weighted by atomic mass is 10.1. The third-order valence-electron chi connectivity index (χ3n) is 2.27. The highest BCUT2D eigenvalue weighted by Gasteiger charge is 2.11. The van der Waals surface area contributed by atoms with Crippen molar-refractivity contribution in [2.24, 2.45) is 0 Å². The molecule has 0 aliphatic carbocycles. The van der Waals surface area contributed by atoms with Gasteiger partial charge < -0.3 is 15.5 Å². The topological polar surface area (TPSA) is 85.2 Å². The van der Waals surface area contributed by atoms with E-state index in [1.165, 1.54) is 13.2 Å². The Kier molecular flexibility index (Phi) is 2.36. The smallest absolute Gasteiger partial charge is 0.338 e. The molecule has 3 N–H and O–H groups in total. The molecule has 5 heteroatoms. The van der Waals surface area contributed by atoms with Gasteiger partial charge in [-0.1, -0.05) is 0 Å². The summed E-state index contributed by atoms with van der Waals surface area (Å²) in [4.78, 5) is 25.4. The number of pyridine rings is 1. The van der Waals surface area contributed by atoms with Gasteiger partial charge in [0.15, 0.2) is 0 Å². The molecule has 0 atom stereocenters. The predicted octanol–water partition coefficient (Wildman–Crippen LogP) is 0.897. The maximum absolute atomic E-state index is 11.5. The number of nitrogens with one attached hydrogen (secondary N) is 1. The van der Waals surface area contributed by atoms with Crippen LogP contribution in [-0.4, -0.2) is 18.1 Å². The van der Waals surface area contributed by atoms with Crippen LogP contribution in [0.25, 0.3) is 10.9 Å². The lowest BCUT2D eigenvalue weighted by Crippen LogP contribution is -2.11. The summed E-state index contributed by atoms with van der Waals surface area (Å²) in [5.41, 5.74) is 6.57. The molecule has 0 amide bonds. The Bertz CT molecular complexity index is 616. The number of carbonyl (C=O) groups excluding carboxylic acids is 1. The van der Waals surface area contributed by atoms with Gasteiger partial charge in [-0.15, -0.1) is 0 Å². The van der Waals surface area contributed by atoms with Crippen molar-refractivity contribution >= 4 is 22.6 Å². The zero-order chi connectivity index (χ0) is 11.7. The number of aromatic amines is 1. The molecule has 0 bridgehead atoms. The highest BCUT2D eigenvalue weighted by Crippen LogP contribution is 2.18. The number of H-pyrrole nitrogens is 1. The summed E-state index contributed by atoms with van der Waals surface area (Å²) >= 11 is 0. The zero-order valence-electron chi connectivity index (χ0n) is 8.61. The molecular formula is C11H10N2O3. The van der Waals surface area contributed by atoms with E-state index in [0.29, 0.717) is 16.6 Å². The highest BCUT2D eigenvalue weighted by atomic mass is 16.5. The Hall–Kier alpha value is -2.30. The van der Waals surface area contributed by atoms with E-state index in [4.69, 9.17) is 5.73 Å². The summed E-state index contributed by atoms with van der Waals surface area (Å²) in [5, 5.41) is 0.575. The van der Waals surface area contributed by atoms with Crippen LogP contribution in [0.15, 0.2) is 29.1 Å². The van der Waals surface area contributed by atoms with Crippen molar-refractivity contribution in [1.82, 2.24) is 4.98 Å². The van der Waals surface area contributed by atoms with Crippen molar-refractivity contribution in [1.29, 1.82) is 0 Å².